The van der Waals surface area contributed by atoms with Gasteiger partial charge in [-0.25, -0.2) is 5.84 Å². The Labute approximate surface area is 93.1 Å². The van der Waals surface area contributed by atoms with Crippen LogP contribution in [0.3, 0.4) is 0 Å². The Kier molecular flexibility index (Phi) is 9.44. The molecule has 0 aliphatic rings. The third-order valence-corrected chi connectivity index (χ3v) is 2.46. The second kappa shape index (κ2) is 9.88. The van der Waals surface area contributed by atoms with Gasteiger partial charge < -0.3 is 10.1 Å². The summed E-state index contributed by atoms with van der Waals surface area (Å²) in [6.07, 6.45) is 2.48. The van der Waals surface area contributed by atoms with Crippen molar-refractivity contribution in [3.05, 3.63) is 0 Å². The van der Waals surface area contributed by atoms with Crippen LogP contribution in [0, 0.1) is 0 Å². The summed E-state index contributed by atoms with van der Waals surface area (Å²) < 4.78 is 15.6. The lowest BCUT2D eigenvalue weighted by Crippen LogP contribution is -2.42. The van der Waals surface area contributed by atoms with Gasteiger partial charge in [0.2, 0.25) is 5.96 Å². The van der Waals surface area contributed by atoms with Gasteiger partial charge in [0.1, 0.15) is 0 Å². The highest BCUT2D eigenvalue weighted by Crippen LogP contribution is 1.85. The average molecular weight is 236 g/mol. The zero-order chi connectivity index (χ0) is 11.5. The second-order valence-corrected chi connectivity index (χ2v) is 4.48. The molecule has 6 nitrogen and oxygen atoms in total. The molecule has 0 radical (unpaired) electrons. The molecule has 0 fully saturated rings. The number of guanidine groups is 1. The molecule has 90 valence electrons. The number of rotatable bonds is 7. The smallest absolute Gasteiger partial charge is 0.205 e. The molecule has 0 saturated carbocycles. The van der Waals surface area contributed by atoms with Crippen molar-refractivity contribution in [2.24, 2.45) is 10.8 Å². The summed E-state index contributed by atoms with van der Waals surface area (Å²) in [5, 5.41) is 2.97. The lowest BCUT2D eigenvalue weighted by molar-refractivity contribution is 0.203. The highest BCUT2D eigenvalue weighted by atomic mass is 32.2. The van der Waals surface area contributed by atoms with Crippen LogP contribution in [-0.2, 0) is 15.5 Å². The molecule has 0 spiro atoms. The van der Waals surface area contributed by atoms with Crippen molar-refractivity contribution in [2.75, 3.05) is 38.8 Å². The summed E-state index contributed by atoms with van der Waals surface area (Å²) in [6.45, 7) is 1.86. The summed E-state index contributed by atoms with van der Waals surface area (Å²) in [5.41, 5.74) is 2.46. The topological polar surface area (TPSA) is 88.7 Å². The zero-order valence-electron chi connectivity index (χ0n) is 9.28. The molecule has 4 N–H and O–H groups in total. The fraction of sp³-hybridized carbons (Fsp3) is 0.875. The molecule has 0 aromatic heterocycles. The van der Waals surface area contributed by atoms with Crippen LogP contribution >= 0.6 is 0 Å². The molecule has 1 unspecified atom stereocenters. The van der Waals surface area contributed by atoms with E-state index in [-0.39, 0.29) is 0 Å². The third kappa shape index (κ3) is 9.64. The van der Waals surface area contributed by atoms with Crippen molar-refractivity contribution in [3.63, 3.8) is 0 Å². The van der Waals surface area contributed by atoms with Gasteiger partial charge in [0.05, 0.1) is 6.61 Å². The highest BCUT2D eigenvalue weighted by molar-refractivity contribution is 7.84. The number of hydrazine groups is 1. The van der Waals surface area contributed by atoms with E-state index in [1.54, 1.807) is 13.4 Å². The third-order valence-electron chi connectivity index (χ3n) is 1.60. The lowest BCUT2D eigenvalue weighted by Gasteiger charge is -2.08. The lowest BCUT2D eigenvalue weighted by atomic mass is 10.5. The molecule has 0 aromatic carbocycles. The molecule has 0 aromatic rings. The van der Waals surface area contributed by atoms with E-state index in [9.17, 15) is 4.21 Å². The molecule has 1 atom stereocenters. The second-order valence-electron chi connectivity index (χ2n) is 2.93. The van der Waals surface area contributed by atoms with E-state index in [1.807, 2.05) is 0 Å². The van der Waals surface area contributed by atoms with Gasteiger partial charge in [-0.05, 0) is 6.42 Å². The number of nitrogens with zero attached hydrogens (tertiary/aromatic N) is 1. The monoisotopic (exact) mass is 236 g/mol. The molecule has 7 heteroatoms. The molecule has 0 heterocycles. The maximum atomic E-state index is 10.8. The van der Waals surface area contributed by atoms with Gasteiger partial charge in [-0.3, -0.25) is 14.6 Å². The summed E-state index contributed by atoms with van der Waals surface area (Å²) in [5.74, 6) is 6.46. The van der Waals surface area contributed by atoms with Gasteiger partial charge in [-0.15, -0.1) is 0 Å². The molecule has 0 aliphatic carbocycles. The Morgan fingerprint density at radius 1 is 1.60 bits per heavy atom. The van der Waals surface area contributed by atoms with Crippen LogP contribution in [0.2, 0.25) is 0 Å². The van der Waals surface area contributed by atoms with Crippen molar-refractivity contribution >= 4 is 16.8 Å². The Hall–Kier alpha value is -0.660. The Balaban J connectivity index is 3.64. The van der Waals surface area contributed by atoms with Gasteiger partial charge in [-0.1, -0.05) is 0 Å². The van der Waals surface area contributed by atoms with Crippen molar-refractivity contribution in [2.45, 2.75) is 6.42 Å². The summed E-state index contributed by atoms with van der Waals surface area (Å²) in [4.78, 5) is 4.17. The minimum Gasteiger partial charge on any atom is -0.383 e. The molecule has 0 amide bonds. The van der Waals surface area contributed by atoms with Gasteiger partial charge in [0, 0.05) is 43.0 Å². The summed E-state index contributed by atoms with van der Waals surface area (Å²) in [6, 6.07) is 0. The molecule has 0 rings (SSSR count). The fourth-order valence-corrected chi connectivity index (χ4v) is 1.42. The maximum absolute atomic E-state index is 10.8. The standard InChI is InChI=1S/C8H20N4O2S/c1-14-6-5-11-8(12-9)10-4-3-7-15(2)13/h3-7,9H2,1-2H3,(H2,10,11,12). The number of ether oxygens (including phenoxy) is 1. The van der Waals surface area contributed by atoms with Crippen LogP contribution in [0.1, 0.15) is 6.42 Å². The first-order valence-electron chi connectivity index (χ1n) is 4.74. The van der Waals surface area contributed by atoms with Crippen LogP contribution in [-0.4, -0.2) is 49.0 Å². The van der Waals surface area contributed by atoms with E-state index in [1.165, 1.54) is 0 Å². The minimum absolute atomic E-state index is 0.536. The summed E-state index contributed by atoms with van der Waals surface area (Å²) >= 11 is 0. The first-order valence-corrected chi connectivity index (χ1v) is 6.47. The van der Waals surface area contributed by atoms with Crippen LogP contribution in [0.5, 0.6) is 0 Å². The van der Waals surface area contributed by atoms with Gasteiger partial charge in [0.15, 0.2) is 0 Å². The first kappa shape index (κ1) is 14.3. The number of aliphatic imine (C=N–C) groups is 1. The van der Waals surface area contributed by atoms with E-state index in [2.05, 4.69) is 15.7 Å². The number of hydrogen-bond donors (Lipinski definition) is 3. The summed E-state index contributed by atoms with van der Waals surface area (Å²) in [7, 11) is 0.880. The van der Waals surface area contributed by atoms with E-state index in [0.717, 1.165) is 6.42 Å². The molecule has 0 aliphatic heterocycles. The first-order chi connectivity index (χ1) is 7.20. The highest BCUT2D eigenvalue weighted by Gasteiger charge is 1.95. The Bertz CT molecular complexity index is 211. The van der Waals surface area contributed by atoms with E-state index < -0.39 is 10.8 Å². The van der Waals surface area contributed by atoms with Crippen LogP contribution in [0.4, 0.5) is 0 Å². The maximum Gasteiger partial charge on any atom is 0.205 e. The quantitative estimate of drug-likeness (QED) is 0.170. The number of nitrogens with one attached hydrogen (secondary N) is 2. The molecule has 0 bridgehead atoms. The Morgan fingerprint density at radius 3 is 2.87 bits per heavy atom. The minimum atomic E-state index is -0.750. The average Bonchev–Trinajstić information content (AvgIpc) is 2.21. The van der Waals surface area contributed by atoms with Crippen LogP contribution in [0.15, 0.2) is 4.99 Å². The SMILES string of the molecule is COCCNC(=NCCCS(C)=O)NN. The molecular formula is C8H20N4O2S. The van der Waals surface area contributed by atoms with E-state index in [4.69, 9.17) is 10.6 Å². The van der Waals surface area contributed by atoms with Crippen molar-refractivity contribution in [1.82, 2.24) is 10.7 Å². The number of nitrogens with two attached hydrogens (primary N) is 1. The van der Waals surface area contributed by atoms with Crippen LogP contribution < -0.4 is 16.6 Å². The molecular weight excluding hydrogens is 216 g/mol. The normalized spacial score (nSPS) is 13.7. The van der Waals surface area contributed by atoms with Gasteiger partial charge in [0.25, 0.3) is 0 Å². The van der Waals surface area contributed by atoms with Gasteiger partial charge in [-0.2, -0.15) is 0 Å². The van der Waals surface area contributed by atoms with Crippen molar-refractivity contribution in [1.29, 1.82) is 0 Å². The van der Waals surface area contributed by atoms with E-state index in [0.29, 0.717) is 31.4 Å². The fourth-order valence-electron chi connectivity index (χ4n) is 0.883. The predicted octanol–water partition coefficient (Wildman–Crippen LogP) is -1.19. The zero-order valence-corrected chi connectivity index (χ0v) is 10.1. The number of hydrogen-bond acceptors (Lipinski definition) is 4. The Morgan fingerprint density at radius 2 is 2.33 bits per heavy atom. The van der Waals surface area contributed by atoms with Crippen molar-refractivity contribution in [3.8, 4) is 0 Å². The van der Waals surface area contributed by atoms with Crippen molar-refractivity contribution < 1.29 is 8.95 Å². The van der Waals surface area contributed by atoms with E-state index >= 15 is 0 Å². The van der Waals surface area contributed by atoms with Gasteiger partial charge >= 0.3 is 0 Å². The molecule has 15 heavy (non-hydrogen) atoms. The number of methoxy groups -OCH3 is 1. The predicted molar refractivity (Wildman–Crippen MR) is 63.1 cm³/mol. The van der Waals surface area contributed by atoms with Crippen LogP contribution in [0.25, 0.3) is 0 Å². The largest absolute Gasteiger partial charge is 0.383 e. The molecule has 0 saturated heterocycles.